The standard InChI is InChI=1S/C9H8Cl2N2O5S/c10-3-8(14)13-6-2-5(11)7(19(12,17)18)1-4(6)9(15)16/h1-2H,3H2,(H,13,14)(H,15,16)(H2,12,17,18). The van der Waals surface area contributed by atoms with Crippen LogP contribution < -0.4 is 10.5 Å². The van der Waals surface area contributed by atoms with E-state index < -0.39 is 38.2 Å². The van der Waals surface area contributed by atoms with E-state index in [0.717, 1.165) is 12.1 Å². The molecule has 19 heavy (non-hydrogen) atoms. The summed E-state index contributed by atoms with van der Waals surface area (Å²) in [5, 5.41) is 15.7. The first kappa shape index (κ1) is 15.7. The Kier molecular flexibility index (Phi) is 4.75. The van der Waals surface area contributed by atoms with Crippen molar-refractivity contribution in [3.05, 3.63) is 22.7 Å². The molecule has 1 rings (SSSR count). The zero-order chi connectivity index (χ0) is 14.8. The number of anilines is 1. The minimum atomic E-state index is -4.17. The van der Waals surface area contributed by atoms with Gasteiger partial charge in [-0.15, -0.1) is 11.6 Å². The number of sulfonamides is 1. The highest BCUT2D eigenvalue weighted by Gasteiger charge is 2.21. The number of aromatic carboxylic acids is 1. The number of carbonyl (C=O) groups is 2. The SMILES string of the molecule is NS(=O)(=O)c1cc(C(=O)O)c(NC(=O)CCl)cc1Cl. The van der Waals surface area contributed by atoms with Gasteiger partial charge in [-0.2, -0.15) is 0 Å². The smallest absolute Gasteiger partial charge is 0.337 e. The molecule has 0 aliphatic rings. The topological polar surface area (TPSA) is 127 Å². The molecule has 0 fully saturated rings. The zero-order valence-corrected chi connectivity index (χ0v) is 11.5. The number of hydrogen-bond donors (Lipinski definition) is 3. The van der Waals surface area contributed by atoms with Crippen LogP contribution in [0.25, 0.3) is 0 Å². The largest absolute Gasteiger partial charge is 0.478 e. The van der Waals surface area contributed by atoms with Crippen LogP contribution in [0, 0.1) is 0 Å². The number of carboxylic acids is 1. The number of benzene rings is 1. The summed E-state index contributed by atoms with van der Waals surface area (Å²) in [6.45, 7) is 0. The van der Waals surface area contributed by atoms with Crippen LogP contribution in [-0.4, -0.2) is 31.3 Å². The number of carboxylic acid groups (broad SMARTS) is 1. The van der Waals surface area contributed by atoms with Crippen LogP contribution in [0.15, 0.2) is 17.0 Å². The van der Waals surface area contributed by atoms with Crippen molar-refractivity contribution in [2.45, 2.75) is 4.90 Å². The van der Waals surface area contributed by atoms with Crippen LogP contribution in [0.2, 0.25) is 5.02 Å². The number of primary sulfonamides is 1. The minimum absolute atomic E-state index is 0.171. The van der Waals surface area contributed by atoms with Crippen LogP contribution in [0.4, 0.5) is 5.69 Å². The maximum atomic E-state index is 11.2. The summed E-state index contributed by atoms with van der Waals surface area (Å²) < 4.78 is 22.4. The fraction of sp³-hybridized carbons (Fsp3) is 0.111. The average molecular weight is 327 g/mol. The summed E-state index contributed by atoms with van der Waals surface area (Å²) >= 11 is 11.0. The fourth-order valence-electron chi connectivity index (χ4n) is 1.24. The molecule has 1 aromatic carbocycles. The van der Waals surface area contributed by atoms with Crippen molar-refractivity contribution in [2.75, 3.05) is 11.2 Å². The Balaban J connectivity index is 3.46. The molecule has 1 aromatic rings. The number of alkyl halides is 1. The summed E-state index contributed by atoms with van der Waals surface area (Å²) in [7, 11) is -4.17. The first-order chi connectivity index (χ1) is 8.66. The molecule has 0 saturated heterocycles. The van der Waals surface area contributed by atoms with E-state index in [1.165, 1.54) is 0 Å². The van der Waals surface area contributed by atoms with E-state index in [1.807, 2.05) is 0 Å². The van der Waals surface area contributed by atoms with Gasteiger partial charge >= 0.3 is 5.97 Å². The highest BCUT2D eigenvalue weighted by Crippen LogP contribution is 2.28. The maximum absolute atomic E-state index is 11.2. The van der Waals surface area contributed by atoms with Crippen LogP contribution in [0.1, 0.15) is 10.4 Å². The van der Waals surface area contributed by atoms with E-state index >= 15 is 0 Å². The van der Waals surface area contributed by atoms with Gasteiger partial charge in [-0.05, 0) is 12.1 Å². The Labute approximate surface area is 118 Å². The molecule has 7 nitrogen and oxygen atoms in total. The van der Waals surface area contributed by atoms with E-state index in [4.69, 9.17) is 33.4 Å². The molecule has 1 amide bonds. The van der Waals surface area contributed by atoms with Gasteiger partial charge in [0.1, 0.15) is 10.8 Å². The molecule has 10 heteroatoms. The summed E-state index contributed by atoms with van der Waals surface area (Å²) in [6, 6.07) is 1.75. The molecule has 0 aromatic heterocycles. The van der Waals surface area contributed by atoms with Gasteiger partial charge in [0.15, 0.2) is 0 Å². The van der Waals surface area contributed by atoms with Crippen molar-refractivity contribution < 1.29 is 23.1 Å². The summed E-state index contributed by atoms with van der Waals surface area (Å²) in [5.41, 5.74) is -0.637. The predicted octanol–water partition coefficient (Wildman–Crippen LogP) is 0.863. The number of hydrogen-bond acceptors (Lipinski definition) is 4. The van der Waals surface area contributed by atoms with Crippen molar-refractivity contribution in [2.24, 2.45) is 5.14 Å². The normalized spacial score (nSPS) is 11.1. The summed E-state index contributed by atoms with van der Waals surface area (Å²) in [5.74, 6) is -2.51. The Morgan fingerprint density at radius 2 is 1.95 bits per heavy atom. The van der Waals surface area contributed by atoms with Gasteiger partial charge in [-0.1, -0.05) is 11.6 Å². The first-order valence-electron chi connectivity index (χ1n) is 4.62. The van der Waals surface area contributed by atoms with Crippen molar-refractivity contribution in [1.29, 1.82) is 0 Å². The van der Waals surface area contributed by atoms with E-state index in [9.17, 15) is 18.0 Å². The second-order valence-electron chi connectivity index (χ2n) is 3.36. The third-order valence-corrected chi connectivity index (χ3v) is 3.62. The lowest BCUT2D eigenvalue weighted by atomic mass is 10.2. The maximum Gasteiger partial charge on any atom is 0.337 e. The van der Waals surface area contributed by atoms with Gasteiger partial charge < -0.3 is 10.4 Å². The second-order valence-corrected chi connectivity index (χ2v) is 5.56. The van der Waals surface area contributed by atoms with Crippen LogP contribution in [0.3, 0.4) is 0 Å². The average Bonchev–Trinajstić information content (AvgIpc) is 2.26. The Morgan fingerprint density at radius 3 is 2.37 bits per heavy atom. The molecule has 0 aliphatic carbocycles. The molecule has 0 bridgehead atoms. The summed E-state index contributed by atoms with van der Waals surface area (Å²) in [4.78, 5) is 21.6. The Hall–Kier alpha value is -1.35. The molecule has 0 saturated carbocycles. The second kappa shape index (κ2) is 5.74. The lowest BCUT2D eigenvalue weighted by Gasteiger charge is -2.10. The van der Waals surface area contributed by atoms with E-state index in [0.29, 0.717) is 0 Å². The third kappa shape index (κ3) is 3.80. The molecule has 0 aliphatic heterocycles. The number of nitrogens with one attached hydrogen (secondary N) is 1. The van der Waals surface area contributed by atoms with Gasteiger partial charge in [0.05, 0.1) is 16.3 Å². The van der Waals surface area contributed by atoms with Crippen LogP contribution in [0.5, 0.6) is 0 Å². The van der Waals surface area contributed by atoms with E-state index in [2.05, 4.69) is 5.32 Å². The van der Waals surface area contributed by atoms with Crippen molar-refractivity contribution in [1.82, 2.24) is 0 Å². The van der Waals surface area contributed by atoms with Gasteiger partial charge in [-0.25, -0.2) is 18.4 Å². The van der Waals surface area contributed by atoms with Gasteiger partial charge in [0, 0.05) is 0 Å². The van der Waals surface area contributed by atoms with Gasteiger partial charge in [0.2, 0.25) is 15.9 Å². The highest BCUT2D eigenvalue weighted by atomic mass is 35.5. The molecule has 0 radical (unpaired) electrons. The number of halogens is 2. The van der Waals surface area contributed by atoms with Gasteiger partial charge in [0.25, 0.3) is 0 Å². The molecule has 0 unspecified atom stereocenters. The van der Waals surface area contributed by atoms with Crippen molar-refractivity contribution in [3.8, 4) is 0 Å². The lowest BCUT2D eigenvalue weighted by Crippen LogP contribution is -2.18. The minimum Gasteiger partial charge on any atom is -0.478 e. The van der Waals surface area contributed by atoms with Gasteiger partial charge in [-0.3, -0.25) is 4.79 Å². The third-order valence-electron chi connectivity index (χ3n) is 2.00. The molecule has 0 atom stereocenters. The summed E-state index contributed by atoms with van der Waals surface area (Å²) in [6.07, 6.45) is 0. The van der Waals surface area contributed by atoms with E-state index in [-0.39, 0.29) is 10.7 Å². The lowest BCUT2D eigenvalue weighted by molar-refractivity contribution is -0.113. The van der Waals surface area contributed by atoms with Crippen molar-refractivity contribution >= 4 is 50.8 Å². The van der Waals surface area contributed by atoms with Crippen molar-refractivity contribution in [3.63, 3.8) is 0 Å². The molecule has 104 valence electrons. The highest BCUT2D eigenvalue weighted by molar-refractivity contribution is 7.89. The predicted molar refractivity (Wildman–Crippen MR) is 69.1 cm³/mol. The van der Waals surface area contributed by atoms with E-state index in [1.54, 1.807) is 0 Å². The monoisotopic (exact) mass is 326 g/mol. The molecule has 0 spiro atoms. The first-order valence-corrected chi connectivity index (χ1v) is 7.08. The number of rotatable bonds is 4. The number of nitrogens with two attached hydrogens (primary N) is 1. The molecule has 0 heterocycles. The molecular weight excluding hydrogens is 319 g/mol. The number of amides is 1. The molecular formula is C9H8Cl2N2O5S. The zero-order valence-electron chi connectivity index (χ0n) is 9.18. The van der Waals surface area contributed by atoms with Crippen LogP contribution in [-0.2, 0) is 14.8 Å². The molecule has 4 N–H and O–H groups in total. The fourth-order valence-corrected chi connectivity index (χ4v) is 2.40. The number of carbonyl (C=O) groups excluding carboxylic acids is 1. The van der Waals surface area contributed by atoms with Crippen LogP contribution >= 0.6 is 23.2 Å². The quantitative estimate of drug-likeness (QED) is 0.707. The Morgan fingerprint density at radius 1 is 1.37 bits per heavy atom. The Bertz CT molecular complexity index is 644.